The van der Waals surface area contributed by atoms with Crippen LogP contribution in [0.25, 0.3) is 0 Å². The molecular weight excluding hydrogens is 232 g/mol. The Morgan fingerprint density at radius 3 is 3.00 bits per heavy atom. The number of halogens is 1. The van der Waals surface area contributed by atoms with E-state index >= 15 is 0 Å². The first-order chi connectivity index (χ1) is 8.36. The van der Waals surface area contributed by atoms with Crippen molar-refractivity contribution in [3.63, 3.8) is 0 Å². The summed E-state index contributed by atoms with van der Waals surface area (Å²) in [6.07, 6.45) is 7.43. The highest BCUT2D eigenvalue weighted by atomic mass is 35.5. The highest BCUT2D eigenvalue weighted by Gasteiger charge is 2.21. The van der Waals surface area contributed by atoms with Crippen molar-refractivity contribution in [2.45, 2.75) is 44.4 Å². The van der Waals surface area contributed by atoms with Gasteiger partial charge in [0.1, 0.15) is 5.75 Å². The second-order valence-corrected chi connectivity index (χ2v) is 5.18. The molecule has 0 saturated carbocycles. The molecule has 0 spiro atoms. The second-order valence-electron chi connectivity index (χ2n) is 4.80. The van der Waals surface area contributed by atoms with Gasteiger partial charge in [0.2, 0.25) is 0 Å². The molecule has 0 unspecified atom stereocenters. The van der Waals surface area contributed by atoms with E-state index in [1.165, 1.54) is 43.2 Å². The fourth-order valence-electron chi connectivity index (χ4n) is 2.89. The lowest BCUT2D eigenvalue weighted by Gasteiger charge is -2.26. The van der Waals surface area contributed by atoms with E-state index in [0.29, 0.717) is 0 Å². The van der Waals surface area contributed by atoms with Gasteiger partial charge in [0.25, 0.3) is 0 Å². The molecule has 0 aromatic heterocycles. The Bertz CT molecular complexity index is 362. The summed E-state index contributed by atoms with van der Waals surface area (Å²) in [5.41, 5.74) is 2.96. The van der Waals surface area contributed by atoms with Crippen LogP contribution in [0.15, 0.2) is 18.2 Å². The molecule has 1 aromatic rings. The number of unbranched alkanes of at least 4 members (excludes halogenated alkanes) is 1. The van der Waals surface area contributed by atoms with Crippen molar-refractivity contribution in [1.29, 1.82) is 0 Å². The maximum atomic E-state index is 5.75. The van der Waals surface area contributed by atoms with Gasteiger partial charge in [0.05, 0.1) is 7.11 Å². The van der Waals surface area contributed by atoms with Crippen LogP contribution in [-0.2, 0) is 6.42 Å². The third-order valence-corrected chi connectivity index (χ3v) is 4.01. The van der Waals surface area contributed by atoms with Gasteiger partial charge in [-0.05, 0) is 55.2 Å². The van der Waals surface area contributed by atoms with Crippen molar-refractivity contribution in [1.82, 2.24) is 0 Å². The van der Waals surface area contributed by atoms with Gasteiger partial charge in [-0.3, -0.25) is 0 Å². The van der Waals surface area contributed by atoms with Crippen molar-refractivity contribution in [3.8, 4) is 5.75 Å². The first-order valence-electron chi connectivity index (χ1n) is 6.58. The van der Waals surface area contributed by atoms with E-state index in [1.807, 2.05) is 0 Å². The molecule has 2 heteroatoms. The lowest BCUT2D eigenvalue weighted by Crippen LogP contribution is -2.11. The summed E-state index contributed by atoms with van der Waals surface area (Å²) in [7, 11) is 1.77. The molecule has 0 heterocycles. The van der Waals surface area contributed by atoms with Crippen LogP contribution in [0.1, 0.15) is 49.1 Å². The van der Waals surface area contributed by atoms with Gasteiger partial charge in [-0.25, -0.2) is 0 Å². The number of benzene rings is 1. The highest BCUT2D eigenvalue weighted by Crippen LogP contribution is 2.38. The maximum absolute atomic E-state index is 5.75. The molecule has 0 bridgehead atoms. The van der Waals surface area contributed by atoms with Gasteiger partial charge in [0.15, 0.2) is 0 Å². The fraction of sp³-hybridized carbons (Fsp3) is 0.600. The smallest absolute Gasteiger partial charge is 0.122 e. The molecule has 1 aliphatic carbocycles. The Balaban J connectivity index is 2.13. The molecule has 17 heavy (non-hydrogen) atoms. The average Bonchev–Trinajstić information content (AvgIpc) is 2.38. The zero-order chi connectivity index (χ0) is 12.1. The van der Waals surface area contributed by atoms with Crippen LogP contribution in [0, 0.1) is 0 Å². The molecule has 2 rings (SSSR count). The van der Waals surface area contributed by atoms with E-state index in [9.17, 15) is 0 Å². The first-order valence-corrected chi connectivity index (χ1v) is 7.12. The molecule has 0 aliphatic heterocycles. The van der Waals surface area contributed by atoms with E-state index < -0.39 is 0 Å². The summed E-state index contributed by atoms with van der Waals surface area (Å²) in [5.74, 6) is 2.58. The van der Waals surface area contributed by atoms with Gasteiger partial charge in [-0.2, -0.15) is 0 Å². The Kier molecular flexibility index (Phi) is 4.73. The van der Waals surface area contributed by atoms with Crippen LogP contribution in [0.4, 0.5) is 0 Å². The van der Waals surface area contributed by atoms with Gasteiger partial charge in [-0.15, -0.1) is 11.6 Å². The van der Waals surface area contributed by atoms with Gasteiger partial charge < -0.3 is 4.74 Å². The number of rotatable bonds is 5. The Morgan fingerprint density at radius 1 is 1.35 bits per heavy atom. The minimum absolute atomic E-state index is 0.720. The van der Waals surface area contributed by atoms with Crippen molar-refractivity contribution < 1.29 is 4.74 Å². The van der Waals surface area contributed by atoms with E-state index in [4.69, 9.17) is 16.3 Å². The number of methoxy groups -OCH3 is 1. The molecule has 1 aliphatic rings. The van der Waals surface area contributed by atoms with Gasteiger partial charge in [-0.1, -0.05) is 18.6 Å². The van der Waals surface area contributed by atoms with Gasteiger partial charge >= 0.3 is 0 Å². The zero-order valence-corrected chi connectivity index (χ0v) is 11.3. The van der Waals surface area contributed by atoms with Crippen molar-refractivity contribution in [3.05, 3.63) is 29.3 Å². The van der Waals surface area contributed by atoms with Crippen LogP contribution in [0.5, 0.6) is 5.75 Å². The lowest BCUT2D eigenvalue weighted by atomic mass is 9.80. The molecule has 1 aromatic carbocycles. The molecule has 1 atom stereocenters. The third kappa shape index (κ3) is 2.95. The van der Waals surface area contributed by atoms with Crippen molar-refractivity contribution >= 4 is 11.6 Å². The summed E-state index contributed by atoms with van der Waals surface area (Å²) in [6, 6.07) is 6.49. The molecule has 1 nitrogen and oxygen atoms in total. The molecule has 94 valence electrons. The van der Waals surface area contributed by atoms with Crippen LogP contribution in [-0.4, -0.2) is 13.0 Å². The topological polar surface area (TPSA) is 9.23 Å². The second kappa shape index (κ2) is 6.30. The quantitative estimate of drug-likeness (QED) is 0.553. The van der Waals surface area contributed by atoms with E-state index in [0.717, 1.165) is 24.0 Å². The Hall–Kier alpha value is -0.690. The predicted molar refractivity (Wildman–Crippen MR) is 73.2 cm³/mol. The van der Waals surface area contributed by atoms with Gasteiger partial charge in [0, 0.05) is 5.88 Å². The number of ether oxygens (including phenoxy) is 1. The van der Waals surface area contributed by atoms with Crippen LogP contribution in [0.2, 0.25) is 0 Å². The third-order valence-electron chi connectivity index (χ3n) is 3.74. The number of hydrogen-bond donors (Lipinski definition) is 0. The van der Waals surface area contributed by atoms with Crippen LogP contribution in [0.3, 0.4) is 0 Å². The molecular formula is C15H21ClO. The minimum atomic E-state index is 0.720. The first kappa shape index (κ1) is 12.8. The fourth-order valence-corrected chi connectivity index (χ4v) is 3.08. The Labute approximate surface area is 109 Å². The zero-order valence-electron chi connectivity index (χ0n) is 10.5. The van der Waals surface area contributed by atoms with Crippen molar-refractivity contribution in [2.75, 3.05) is 13.0 Å². The minimum Gasteiger partial charge on any atom is -0.496 e. The van der Waals surface area contributed by atoms with Crippen molar-refractivity contribution in [2.24, 2.45) is 0 Å². The summed E-state index contributed by atoms with van der Waals surface area (Å²) in [4.78, 5) is 0. The van der Waals surface area contributed by atoms with Crippen LogP contribution < -0.4 is 4.74 Å². The summed E-state index contributed by atoms with van der Waals surface area (Å²) in [5, 5.41) is 0. The monoisotopic (exact) mass is 252 g/mol. The standard InChI is InChI=1S/C15H21ClO/c1-17-15-10-5-8-13-12(6-2-3-11-16)7-4-9-14(13)15/h5,8,10,12H,2-4,6-7,9,11H2,1H3/t12-/m0/s1. The lowest BCUT2D eigenvalue weighted by molar-refractivity contribution is 0.400. The average molecular weight is 253 g/mol. The summed E-state index contributed by atoms with van der Waals surface area (Å²) < 4.78 is 5.47. The molecule has 0 radical (unpaired) electrons. The molecule has 0 saturated heterocycles. The Morgan fingerprint density at radius 2 is 2.24 bits per heavy atom. The highest BCUT2D eigenvalue weighted by molar-refractivity contribution is 6.17. The number of fused-ring (bicyclic) bond motifs is 1. The summed E-state index contributed by atoms with van der Waals surface area (Å²) in [6.45, 7) is 0. The maximum Gasteiger partial charge on any atom is 0.122 e. The van der Waals surface area contributed by atoms with E-state index in [-0.39, 0.29) is 0 Å². The normalized spacial score (nSPS) is 18.8. The molecule has 0 N–H and O–H groups in total. The largest absolute Gasteiger partial charge is 0.496 e. The number of hydrogen-bond acceptors (Lipinski definition) is 1. The van der Waals surface area contributed by atoms with E-state index in [1.54, 1.807) is 7.11 Å². The predicted octanol–water partition coefficient (Wildman–Crippen LogP) is 4.52. The SMILES string of the molecule is COc1cccc2c1CCC[C@@H]2CCCCCl. The summed E-state index contributed by atoms with van der Waals surface area (Å²) >= 11 is 5.75. The molecule has 0 fully saturated rings. The van der Waals surface area contributed by atoms with Crippen LogP contribution >= 0.6 is 11.6 Å². The molecule has 0 amide bonds. The van der Waals surface area contributed by atoms with E-state index in [2.05, 4.69) is 18.2 Å². The number of alkyl halides is 1.